The fourth-order valence-corrected chi connectivity index (χ4v) is 2.07. The number of benzene rings is 1. The van der Waals surface area contributed by atoms with Crippen molar-refractivity contribution in [3.8, 4) is 0 Å². The summed E-state index contributed by atoms with van der Waals surface area (Å²) >= 11 is 3.71. The molecule has 0 heterocycles. The van der Waals surface area contributed by atoms with Gasteiger partial charge in [0.05, 0.1) is 0 Å². The third-order valence-electron chi connectivity index (χ3n) is 2.28. The summed E-state index contributed by atoms with van der Waals surface area (Å²) in [4.78, 5) is 0.508. The minimum atomic E-state index is 0.508. The molecule has 0 amide bonds. The van der Waals surface area contributed by atoms with Crippen LogP contribution in [-0.2, 0) is 0 Å². The van der Waals surface area contributed by atoms with Gasteiger partial charge in [-0.2, -0.15) is 0 Å². The van der Waals surface area contributed by atoms with Crippen molar-refractivity contribution < 1.29 is 0 Å². The molecule has 0 spiro atoms. The first kappa shape index (κ1) is 11.5. The Morgan fingerprint density at radius 1 is 1.21 bits per heavy atom. The standard InChI is InChI=1S/C13H17Br/c1-2-3-4-8-11-13(14)12-9-6-5-7-10-12/h2,5-7,9-10,13H,1,3-4,8,11H2. The lowest BCUT2D eigenvalue weighted by Crippen LogP contribution is -1.89. The Balaban J connectivity index is 2.28. The van der Waals surface area contributed by atoms with Crippen molar-refractivity contribution in [1.29, 1.82) is 0 Å². The fraction of sp³-hybridized carbons (Fsp3) is 0.385. The lowest BCUT2D eigenvalue weighted by Gasteiger charge is -2.08. The summed E-state index contributed by atoms with van der Waals surface area (Å²) in [6, 6.07) is 10.6. The van der Waals surface area contributed by atoms with E-state index in [4.69, 9.17) is 0 Å². The van der Waals surface area contributed by atoms with Crippen LogP contribution in [0.2, 0.25) is 0 Å². The molecule has 0 aliphatic carbocycles. The van der Waals surface area contributed by atoms with Gasteiger partial charge in [0.15, 0.2) is 0 Å². The fourth-order valence-electron chi connectivity index (χ4n) is 1.44. The van der Waals surface area contributed by atoms with E-state index in [0.717, 1.165) is 6.42 Å². The molecule has 0 aliphatic heterocycles. The lowest BCUT2D eigenvalue weighted by molar-refractivity contribution is 0.684. The molecule has 0 bridgehead atoms. The van der Waals surface area contributed by atoms with Crippen molar-refractivity contribution in [1.82, 2.24) is 0 Å². The van der Waals surface area contributed by atoms with Gasteiger partial charge in [-0.05, 0) is 24.8 Å². The van der Waals surface area contributed by atoms with Crippen LogP contribution in [-0.4, -0.2) is 0 Å². The quantitative estimate of drug-likeness (QED) is 0.385. The van der Waals surface area contributed by atoms with Crippen LogP contribution < -0.4 is 0 Å². The average molecular weight is 253 g/mol. The first-order valence-electron chi connectivity index (χ1n) is 5.14. The van der Waals surface area contributed by atoms with E-state index in [1.54, 1.807) is 0 Å². The van der Waals surface area contributed by atoms with E-state index < -0.39 is 0 Å². The van der Waals surface area contributed by atoms with E-state index in [-0.39, 0.29) is 0 Å². The number of rotatable bonds is 6. The number of hydrogen-bond donors (Lipinski definition) is 0. The van der Waals surface area contributed by atoms with Gasteiger partial charge in [-0.3, -0.25) is 0 Å². The van der Waals surface area contributed by atoms with Crippen LogP contribution in [0.5, 0.6) is 0 Å². The SMILES string of the molecule is C=CCCCCC(Br)c1ccccc1. The zero-order chi connectivity index (χ0) is 10.2. The second-order valence-electron chi connectivity index (χ2n) is 3.45. The number of alkyl halides is 1. The summed E-state index contributed by atoms with van der Waals surface area (Å²) in [5.74, 6) is 0. The molecule has 0 aliphatic rings. The molecule has 76 valence electrons. The number of unbranched alkanes of at least 4 members (excludes halogenated alkanes) is 2. The Hall–Kier alpha value is -0.560. The van der Waals surface area contributed by atoms with E-state index in [1.807, 2.05) is 6.08 Å². The van der Waals surface area contributed by atoms with E-state index >= 15 is 0 Å². The van der Waals surface area contributed by atoms with E-state index in [1.165, 1.54) is 24.8 Å². The largest absolute Gasteiger partial charge is 0.103 e. The Kier molecular flexibility index (Phi) is 5.62. The van der Waals surface area contributed by atoms with Crippen molar-refractivity contribution in [3.63, 3.8) is 0 Å². The van der Waals surface area contributed by atoms with Gasteiger partial charge in [-0.15, -0.1) is 6.58 Å². The Labute approximate surface area is 95.2 Å². The maximum Gasteiger partial charge on any atom is 0.0395 e. The van der Waals surface area contributed by atoms with Gasteiger partial charge in [-0.1, -0.05) is 58.8 Å². The minimum Gasteiger partial charge on any atom is -0.103 e. The first-order valence-corrected chi connectivity index (χ1v) is 6.06. The number of allylic oxidation sites excluding steroid dienone is 1. The van der Waals surface area contributed by atoms with E-state index in [2.05, 4.69) is 52.8 Å². The third-order valence-corrected chi connectivity index (χ3v) is 3.26. The normalized spacial score (nSPS) is 12.4. The van der Waals surface area contributed by atoms with Crippen molar-refractivity contribution in [2.45, 2.75) is 30.5 Å². The zero-order valence-electron chi connectivity index (χ0n) is 8.45. The van der Waals surface area contributed by atoms with Crippen molar-refractivity contribution in [3.05, 3.63) is 48.6 Å². The lowest BCUT2D eigenvalue weighted by atomic mass is 10.1. The molecule has 1 unspecified atom stereocenters. The molecular formula is C13H17Br. The van der Waals surface area contributed by atoms with Gasteiger partial charge < -0.3 is 0 Å². The highest BCUT2D eigenvalue weighted by Gasteiger charge is 2.05. The van der Waals surface area contributed by atoms with Crippen molar-refractivity contribution in [2.24, 2.45) is 0 Å². The Morgan fingerprint density at radius 2 is 1.93 bits per heavy atom. The third kappa shape index (κ3) is 4.10. The van der Waals surface area contributed by atoms with Crippen LogP contribution in [0, 0.1) is 0 Å². The highest BCUT2D eigenvalue weighted by Crippen LogP contribution is 2.28. The predicted molar refractivity (Wildman–Crippen MR) is 66.8 cm³/mol. The predicted octanol–water partition coefficient (Wildman–Crippen LogP) is 4.87. The average Bonchev–Trinajstić information content (AvgIpc) is 2.25. The van der Waals surface area contributed by atoms with E-state index in [0.29, 0.717) is 4.83 Å². The maximum absolute atomic E-state index is 3.72. The van der Waals surface area contributed by atoms with Crippen molar-refractivity contribution >= 4 is 15.9 Å². The number of halogens is 1. The van der Waals surface area contributed by atoms with Crippen LogP contribution in [0.1, 0.15) is 36.1 Å². The maximum atomic E-state index is 3.72. The molecular weight excluding hydrogens is 236 g/mol. The molecule has 0 saturated carbocycles. The highest BCUT2D eigenvalue weighted by atomic mass is 79.9. The molecule has 0 radical (unpaired) electrons. The van der Waals surface area contributed by atoms with Gasteiger partial charge in [0.2, 0.25) is 0 Å². The molecule has 0 nitrogen and oxygen atoms in total. The molecule has 1 atom stereocenters. The van der Waals surface area contributed by atoms with Gasteiger partial charge >= 0.3 is 0 Å². The van der Waals surface area contributed by atoms with Gasteiger partial charge in [0, 0.05) is 4.83 Å². The van der Waals surface area contributed by atoms with Crippen LogP contribution in [0.25, 0.3) is 0 Å². The summed E-state index contributed by atoms with van der Waals surface area (Å²) in [5.41, 5.74) is 1.38. The van der Waals surface area contributed by atoms with Gasteiger partial charge in [0.25, 0.3) is 0 Å². The smallest absolute Gasteiger partial charge is 0.0395 e. The minimum absolute atomic E-state index is 0.508. The van der Waals surface area contributed by atoms with Crippen molar-refractivity contribution in [2.75, 3.05) is 0 Å². The first-order chi connectivity index (χ1) is 6.84. The van der Waals surface area contributed by atoms with Crippen LogP contribution >= 0.6 is 15.9 Å². The van der Waals surface area contributed by atoms with Crippen LogP contribution in [0.3, 0.4) is 0 Å². The molecule has 1 heteroatoms. The highest BCUT2D eigenvalue weighted by molar-refractivity contribution is 9.09. The summed E-state index contributed by atoms with van der Waals surface area (Å²) < 4.78 is 0. The monoisotopic (exact) mass is 252 g/mol. The zero-order valence-corrected chi connectivity index (χ0v) is 10.0. The molecule has 0 fully saturated rings. The van der Waals surface area contributed by atoms with Gasteiger partial charge in [-0.25, -0.2) is 0 Å². The second-order valence-corrected chi connectivity index (χ2v) is 4.56. The Morgan fingerprint density at radius 3 is 2.57 bits per heavy atom. The summed E-state index contributed by atoms with van der Waals surface area (Å²) in [7, 11) is 0. The molecule has 0 aromatic heterocycles. The van der Waals surface area contributed by atoms with Crippen LogP contribution in [0.4, 0.5) is 0 Å². The summed E-state index contributed by atoms with van der Waals surface area (Å²) in [5, 5.41) is 0. The second kappa shape index (κ2) is 6.83. The molecule has 1 aromatic carbocycles. The summed E-state index contributed by atoms with van der Waals surface area (Å²) in [6.07, 6.45) is 6.84. The molecule has 14 heavy (non-hydrogen) atoms. The van der Waals surface area contributed by atoms with Crippen LogP contribution in [0.15, 0.2) is 43.0 Å². The number of hydrogen-bond acceptors (Lipinski definition) is 0. The van der Waals surface area contributed by atoms with Gasteiger partial charge in [0.1, 0.15) is 0 Å². The van der Waals surface area contributed by atoms with E-state index in [9.17, 15) is 0 Å². The summed E-state index contributed by atoms with van der Waals surface area (Å²) in [6.45, 7) is 3.72. The molecule has 1 aromatic rings. The topological polar surface area (TPSA) is 0 Å². The Bertz CT molecular complexity index is 253. The molecule has 0 N–H and O–H groups in total. The molecule has 1 rings (SSSR count). The molecule has 0 saturated heterocycles.